The first-order valence-electron chi connectivity index (χ1n) is 5.54. The summed E-state index contributed by atoms with van der Waals surface area (Å²) in [5.41, 5.74) is 0. The number of imide groups is 1. The zero-order valence-electron chi connectivity index (χ0n) is 9.43. The summed E-state index contributed by atoms with van der Waals surface area (Å²) in [5, 5.41) is 12.0. The third-order valence-corrected chi connectivity index (χ3v) is 3.98. The van der Waals surface area contributed by atoms with E-state index in [0.717, 1.165) is 0 Å². The highest BCUT2D eigenvalue weighted by Crippen LogP contribution is 2.26. The van der Waals surface area contributed by atoms with Gasteiger partial charge in [0.05, 0.1) is 18.1 Å². The number of rotatable bonds is 2. The molecule has 2 N–H and O–H groups in total. The minimum Gasteiger partial charge on any atom is -0.390 e. The third kappa shape index (κ3) is 2.55. The molecule has 2 aliphatic heterocycles. The predicted octanol–water partition coefficient (Wildman–Crippen LogP) is 0.0852. The maximum absolute atomic E-state index is 11.7. The summed E-state index contributed by atoms with van der Waals surface area (Å²) in [4.78, 5) is 24.5. The lowest BCUT2D eigenvalue weighted by molar-refractivity contribution is -0.127. The van der Waals surface area contributed by atoms with Gasteiger partial charge in [-0.15, -0.1) is 0 Å². The molecule has 4 atom stereocenters. The van der Waals surface area contributed by atoms with Gasteiger partial charge in [-0.2, -0.15) is 0 Å². The van der Waals surface area contributed by atoms with Gasteiger partial charge in [0.1, 0.15) is 6.23 Å². The molecule has 6 nitrogen and oxygen atoms in total. The van der Waals surface area contributed by atoms with Crippen molar-refractivity contribution in [3.63, 3.8) is 0 Å². The predicted molar refractivity (Wildman–Crippen MR) is 67.6 cm³/mol. The number of nitrogens with zero attached hydrogens (tertiary/aromatic N) is 1. The second-order valence-corrected chi connectivity index (χ2v) is 5.32. The number of amides is 3. The van der Waals surface area contributed by atoms with Crippen LogP contribution in [0.15, 0.2) is 0 Å². The van der Waals surface area contributed by atoms with E-state index >= 15 is 0 Å². The number of urea groups is 1. The Morgan fingerprint density at radius 2 is 2.29 bits per heavy atom. The van der Waals surface area contributed by atoms with Gasteiger partial charge < -0.3 is 9.84 Å². The molecule has 2 fully saturated rings. The molecule has 0 aromatic carbocycles. The average molecular weight is 354 g/mol. The Kier molecular flexibility index (Phi) is 3.88. The van der Waals surface area contributed by atoms with E-state index in [1.807, 2.05) is 0 Å². The molecule has 0 bridgehead atoms. The van der Waals surface area contributed by atoms with E-state index in [4.69, 9.17) is 4.74 Å². The number of aliphatic hydroxyl groups is 1. The molecule has 0 aliphatic carbocycles. The van der Waals surface area contributed by atoms with Gasteiger partial charge in [-0.3, -0.25) is 15.0 Å². The summed E-state index contributed by atoms with van der Waals surface area (Å²) in [6.45, 7) is 2.10. The zero-order chi connectivity index (χ0) is 12.6. The van der Waals surface area contributed by atoms with Gasteiger partial charge in [0.2, 0.25) is 5.91 Å². The lowest BCUT2D eigenvalue weighted by atomic mass is 10.1. The first-order valence-corrected chi connectivity index (χ1v) is 7.06. The van der Waals surface area contributed by atoms with Gasteiger partial charge in [-0.05, 0) is 0 Å². The van der Waals surface area contributed by atoms with Crippen LogP contribution in [0.25, 0.3) is 0 Å². The number of carbonyl (C=O) groups excluding carboxylic acids is 2. The van der Waals surface area contributed by atoms with E-state index in [1.54, 1.807) is 6.92 Å². The zero-order valence-corrected chi connectivity index (χ0v) is 11.6. The lowest BCUT2D eigenvalue weighted by Gasteiger charge is -2.34. The quantitative estimate of drug-likeness (QED) is 0.544. The number of nitrogens with one attached hydrogen (secondary N) is 1. The molecule has 7 heteroatoms. The molecule has 0 aromatic rings. The molecule has 0 aromatic heterocycles. The summed E-state index contributed by atoms with van der Waals surface area (Å²) in [5.74, 6) is -0.498. The van der Waals surface area contributed by atoms with Gasteiger partial charge in [0.25, 0.3) is 0 Å². The number of hydrogen-bond donors (Lipinski definition) is 2. The lowest BCUT2D eigenvalue weighted by Crippen LogP contribution is -2.57. The smallest absolute Gasteiger partial charge is 0.326 e. The van der Waals surface area contributed by atoms with Crippen LogP contribution in [0.5, 0.6) is 0 Å². The molecule has 0 spiro atoms. The normalized spacial score (nSPS) is 38.4. The fourth-order valence-electron chi connectivity index (χ4n) is 2.06. The van der Waals surface area contributed by atoms with Crippen LogP contribution in [0.1, 0.15) is 13.3 Å². The van der Waals surface area contributed by atoms with Crippen molar-refractivity contribution in [2.24, 2.45) is 5.92 Å². The summed E-state index contributed by atoms with van der Waals surface area (Å²) in [6.07, 6.45) is -0.804. The third-order valence-electron chi connectivity index (χ3n) is 3.11. The molecular formula is C10H15IN2O4. The number of alkyl halides is 1. The summed E-state index contributed by atoms with van der Waals surface area (Å²) >= 11 is 2.14. The highest BCUT2D eigenvalue weighted by molar-refractivity contribution is 14.1. The van der Waals surface area contributed by atoms with E-state index in [0.29, 0.717) is 17.4 Å². The Bertz CT molecular complexity index is 338. The standard InChI is InChI=1S/C10H15IN2O4/c1-5-4-13(10(16)12-9(5)15)8-2-6(14)7(3-11)17-8/h5-8,14H,2-4H2,1H3,(H,12,15,16)/t5?,6-,7+,8+/m0/s1. The number of halogens is 1. The van der Waals surface area contributed by atoms with Gasteiger partial charge in [0.15, 0.2) is 0 Å². The van der Waals surface area contributed by atoms with Crippen LogP contribution in [0.3, 0.4) is 0 Å². The minimum absolute atomic E-state index is 0.235. The van der Waals surface area contributed by atoms with E-state index in [9.17, 15) is 14.7 Å². The Morgan fingerprint density at radius 1 is 1.59 bits per heavy atom. The van der Waals surface area contributed by atoms with E-state index in [1.165, 1.54) is 4.90 Å². The molecular weight excluding hydrogens is 339 g/mol. The van der Waals surface area contributed by atoms with Crippen molar-refractivity contribution in [3.05, 3.63) is 0 Å². The monoisotopic (exact) mass is 354 g/mol. The van der Waals surface area contributed by atoms with Crippen molar-refractivity contribution in [2.75, 3.05) is 11.0 Å². The van der Waals surface area contributed by atoms with E-state index in [-0.39, 0.29) is 17.9 Å². The SMILES string of the molecule is CC1CN([C@H]2C[C@H](O)[C@@H](CI)O2)C(=O)NC1=O. The van der Waals surface area contributed by atoms with Crippen LogP contribution < -0.4 is 5.32 Å². The van der Waals surface area contributed by atoms with Crippen LogP contribution >= 0.6 is 22.6 Å². The maximum Gasteiger partial charge on any atom is 0.326 e. The highest BCUT2D eigenvalue weighted by Gasteiger charge is 2.41. The molecule has 2 aliphatic rings. The number of aliphatic hydroxyl groups excluding tert-OH is 1. The van der Waals surface area contributed by atoms with Crippen molar-refractivity contribution in [1.82, 2.24) is 10.2 Å². The Balaban J connectivity index is 2.03. The van der Waals surface area contributed by atoms with E-state index in [2.05, 4.69) is 27.9 Å². The molecule has 2 rings (SSSR count). The second-order valence-electron chi connectivity index (χ2n) is 4.43. The Morgan fingerprint density at radius 3 is 2.88 bits per heavy atom. The van der Waals surface area contributed by atoms with E-state index < -0.39 is 18.4 Å². The van der Waals surface area contributed by atoms with Crippen LogP contribution in [-0.2, 0) is 9.53 Å². The van der Waals surface area contributed by atoms with Crippen LogP contribution in [0, 0.1) is 5.92 Å². The maximum atomic E-state index is 11.7. The van der Waals surface area contributed by atoms with Gasteiger partial charge >= 0.3 is 6.03 Å². The van der Waals surface area contributed by atoms with Crippen molar-refractivity contribution in [3.8, 4) is 0 Å². The average Bonchev–Trinajstić information content (AvgIpc) is 2.65. The van der Waals surface area contributed by atoms with Crippen LogP contribution in [0.4, 0.5) is 4.79 Å². The van der Waals surface area contributed by atoms with Gasteiger partial charge in [-0.25, -0.2) is 4.79 Å². The van der Waals surface area contributed by atoms with Crippen LogP contribution in [0.2, 0.25) is 0 Å². The molecule has 1 unspecified atom stereocenters. The number of carbonyl (C=O) groups is 2. The molecule has 96 valence electrons. The van der Waals surface area contributed by atoms with Crippen molar-refractivity contribution in [2.45, 2.75) is 31.8 Å². The molecule has 2 saturated heterocycles. The fraction of sp³-hybridized carbons (Fsp3) is 0.800. The summed E-state index contributed by atoms with van der Waals surface area (Å²) in [6, 6.07) is -0.431. The molecule has 0 saturated carbocycles. The first kappa shape index (κ1) is 13.0. The first-order chi connectivity index (χ1) is 8.02. The minimum atomic E-state index is -0.544. The summed E-state index contributed by atoms with van der Waals surface area (Å²) in [7, 11) is 0. The highest BCUT2D eigenvalue weighted by atomic mass is 127. The molecule has 2 heterocycles. The molecule has 0 radical (unpaired) electrons. The van der Waals surface area contributed by atoms with Gasteiger partial charge in [0, 0.05) is 17.4 Å². The topological polar surface area (TPSA) is 78.9 Å². The number of hydrogen-bond acceptors (Lipinski definition) is 4. The molecule has 17 heavy (non-hydrogen) atoms. The fourth-order valence-corrected chi connectivity index (χ4v) is 2.85. The van der Waals surface area contributed by atoms with Crippen molar-refractivity contribution < 1.29 is 19.4 Å². The second kappa shape index (κ2) is 5.07. The van der Waals surface area contributed by atoms with Crippen molar-refractivity contribution in [1.29, 1.82) is 0 Å². The summed E-state index contributed by atoms with van der Waals surface area (Å²) < 4.78 is 6.29. The Hall–Kier alpha value is -0.410. The van der Waals surface area contributed by atoms with Crippen molar-refractivity contribution >= 4 is 34.5 Å². The number of ether oxygens (including phenoxy) is 1. The van der Waals surface area contributed by atoms with Crippen LogP contribution in [-0.4, -0.2) is 51.4 Å². The largest absolute Gasteiger partial charge is 0.390 e. The Labute approximate surface area is 113 Å². The molecule has 3 amide bonds. The van der Waals surface area contributed by atoms with Gasteiger partial charge in [-0.1, -0.05) is 29.5 Å².